The summed E-state index contributed by atoms with van der Waals surface area (Å²) in [6.45, 7) is 7.25. The number of nitrogens with one attached hydrogen (secondary N) is 1. The molecule has 0 spiro atoms. The number of ether oxygens (including phenoxy) is 2. The maximum absolute atomic E-state index is 12.2. The van der Waals surface area contributed by atoms with Gasteiger partial charge in [-0.2, -0.15) is 0 Å². The van der Waals surface area contributed by atoms with Crippen molar-refractivity contribution in [2.24, 2.45) is 5.73 Å². The summed E-state index contributed by atoms with van der Waals surface area (Å²) in [6, 6.07) is 8.96. The Bertz CT molecular complexity index is 869. The van der Waals surface area contributed by atoms with Gasteiger partial charge in [0.15, 0.2) is 12.7 Å². The third kappa shape index (κ3) is 5.56. The Labute approximate surface area is 167 Å². The van der Waals surface area contributed by atoms with Gasteiger partial charge in [-0.15, -0.1) is 11.3 Å². The van der Waals surface area contributed by atoms with Gasteiger partial charge in [-0.05, 0) is 35.4 Å². The van der Waals surface area contributed by atoms with Gasteiger partial charge in [-0.25, -0.2) is 4.79 Å². The molecule has 1 atom stereocenters. The summed E-state index contributed by atoms with van der Waals surface area (Å²) < 4.78 is 10.7. The van der Waals surface area contributed by atoms with Crippen LogP contribution in [0.2, 0.25) is 0 Å². The van der Waals surface area contributed by atoms with Crippen molar-refractivity contribution in [2.75, 3.05) is 11.9 Å². The highest BCUT2D eigenvalue weighted by atomic mass is 32.1. The standard InChI is InChI=1S/C20H24N2O5S/c1-12(18(25)22-19-13(17(21)24)9-10-28-19)27-16(23)11-26-15-8-6-5-7-14(15)20(2,3)4/h5-10,12H,11H2,1-4H3,(H2,21,24)(H,22,25)/t12-/m1/s1. The molecule has 3 N–H and O–H groups in total. The van der Waals surface area contributed by atoms with Crippen LogP contribution in [0.4, 0.5) is 5.00 Å². The summed E-state index contributed by atoms with van der Waals surface area (Å²) in [4.78, 5) is 35.6. The first kappa shape index (κ1) is 21.4. The van der Waals surface area contributed by atoms with Crippen LogP contribution in [-0.4, -0.2) is 30.5 Å². The maximum atomic E-state index is 12.2. The minimum Gasteiger partial charge on any atom is -0.482 e. The number of hydrogen-bond donors (Lipinski definition) is 2. The van der Waals surface area contributed by atoms with Crippen LogP contribution in [0.15, 0.2) is 35.7 Å². The van der Waals surface area contributed by atoms with Crippen LogP contribution in [0.3, 0.4) is 0 Å². The van der Waals surface area contributed by atoms with Gasteiger partial charge in [-0.3, -0.25) is 9.59 Å². The van der Waals surface area contributed by atoms with E-state index in [1.165, 1.54) is 13.0 Å². The number of thiophene rings is 1. The molecule has 2 aromatic rings. The molecule has 2 amide bonds. The first-order valence-electron chi connectivity index (χ1n) is 8.69. The van der Waals surface area contributed by atoms with E-state index in [2.05, 4.69) is 5.32 Å². The summed E-state index contributed by atoms with van der Waals surface area (Å²) in [5.41, 5.74) is 6.27. The lowest BCUT2D eigenvalue weighted by atomic mass is 9.86. The zero-order valence-electron chi connectivity index (χ0n) is 16.3. The molecule has 0 saturated heterocycles. The second-order valence-electron chi connectivity index (χ2n) is 7.18. The molecule has 0 bridgehead atoms. The van der Waals surface area contributed by atoms with Crippen molar-refractivity contribution in [3.8, 4) is 5.75 Å². The van der Waals surface area contributed by atoms with Gasteiger partial charge in [0.05, 0.1) is 5.56 Å². The van der Waals surface area contributed by atoms with Crippen LogP contribution in [-0.2, 0) is 19.7 Å². The minimum atomic E-state index is -1.06. The second-order valence-corrected chi connectivity index (χ2v) is 8.10. The number of benzene rings is 1. The molecule has 150 valence electrons. The van der Waals surface area contributed by atoms with Crippen molar-refractivity contribution in [2.45, 2.75) is 39.2 Å². The molecule has 1 heterocycles. The molecule has 0 aliphatic rings. The Morgan fingerprint density at radius 1 is 1.18 bits per heavy atom. The van der Waals surface area contributed by atoms with E-state index >= 15 is 0 Å². The normalized spacial score (nSPS) is 12.1. The van der Waals surface area contributed by atoms with Gasteiger partial charge in [0.25, 0.3) is 11.8 Å². The topological polar surface area (TPSA) is 108 Å². The van der Waals surface area contributed by atoms with Crippen molar-refractivity contribution >= 4 is 34.1 Å². The molecule has 0 radical (unpaired) electrons. The van der Waals surface area contributed by atoms with E-state index in [-0.39, 0.29) is 17.6 Å². The van der Waals surface area contributed by atoms with Crippen molar-refractivity contribution in [1.29, 1.82) is 0 Å². The molecule has 0 aliphatic heterocycles. The predicted octanol–water partition coefficient (Wildman–Crippen LogP) is 3.09. The molecule has 7 nitrogen and oxygen atoms in total. The zero-order chi connectivity index (χ0) is 20.9. The molecule has 1 aromatic carbocycles. The molecule has 0 saturated carbocycles. The Morgan fingerprint density at radius 2 is 1.86 bits per heavy atom. The van der Waals surface area contributed by atoms with Crippen LogP contribution in [0, 0.1) is 0 Å². The summed E-state index contributed by atoms with van der Waals surface area (Å²) >= 11 is 1.16. The Hall–Kier alpha value is -2.87. The first-order chi connectivity index (χ1) is 13.1. The number of nitrogens with two attached hydrogens (primary N) is 1. The molecule has 0 fully saturated rings. The summed E-state index contributed by atoms with van der Waals surface area (Å²) in [5.74, 6) is -1.29. The van der Waals surface area contributed by atoms with Crippen molar-refractivity contribution in [1.82, 2.24) is 0 Å². The lowest BCUT2D eigenvalue weighted by Gasteiger charge is -2.22. The lowest BCUT2D eigenvalue weighted by molar-refractivity contribution is -0.155. The highest BCUT2D eigenvalue weighted by Gasteiger charge is 2.22. The molecular formula is C20H24N2O5S. The highest BCUT2D eigenvalue weighted by molar-refractivity contribution is 7.14. The number of rotatable bonds is 7. The summed E-state index contributed by atoms with van der Waals surface area (Å²) in [6.07, 6.45) is -1.06. The smallest absolute Gasteiger partial charge is 0.344 e. The predicted molar refractivity (Wildman–Crippen MR) is 108 cm³/mol. The molecule has 0 unspecified atom stereocenters. The number of primary amides is 1. The third-order valence-corrected chi connectivity index (χ3v) is 4.72. The zero-order valence-corrected chi connectivity index (χ0v) is 17.1. The molecule has 2 rings (SSSR count). The van der Waals surface area contributed by atoms with Crippen LogP contribution in [0.25, 0.3) is 0 Å². The van der Waals surface area contributed by atoms with E-state index in [1.54, 1.807) is 11.4 Å². The van der Waals surface area contributed by atoms with Gasteiger partial charge in [0.1, 0.15) is 10.8 Å². The number of esters is 1. The number of carbonyl (C=O) groups excluding carboxylic acids is 3. The van der Waals surface area contributed by atoms with Crippen LogP contribution >= 0.6 is 11.3 Å². The average molecular weight is 404 g/mol. The Kier molecular flexibility index (Phi) is 6.80. The van der Waals surface area contributed by atoms with Crippen molar-refractivity contribution < 1.29 is 23.9 Å². The third-order valence-electron chi connectivity index (χ3n) is 3.89. The number of amides is 2. The number of carbonyl (C=O) groups is 3. The molecule has 1 aromatic heterocycles. The average Bonchev–Trinajstić information content (AvgIpc) is 3.07. The molecule has 0 aliphatic carbocycles. The van der Waals surface area contributed by atoms with Gasteiger partial charge >= 0.3 is 5.97 Å². The quantitative estimate of drug-likeness (QED) is 0.690. The number of para-hydroxylation sites is 1. The fourth-order valence-corrected chi connectivity index (χ4v) is 3.24. The van der Waals surface area contributed by atoms with E-state index in [9.17, 15) is 14.4 Å². The fraction of sp³-hybridized carbons (Fsp3) is 0.350. The van der Waals surface area contributed by atoms with Gasteiger partial charge in [0, 0.05) is 0 Å². The van der Waals surface area contributed by atoms with E-state index in [4.69, 9.17) is 15.2 Å². The SMILES string of the molecule is C[C@@H](OC(=O)COc1ccccc1C(C)(C)C)C(=O)Nc1sccc1C(N)=O. The van der Waals surface area contributed by atoms with Crippen LogP contribution in [0.1, 0.15) is 43.6 Å². The summed E-state index contributed by atoms with van der Waals surface area (Å²) in [5, 5.41) is 4.49. The highest BCUT2D eigenvalue weighted by Crippen LogP contribution is 2.30. The maximum Gasteiger partial charge on any atom is 0.344 e. The fourth-order valence-electron chi connectivity index (χ4n) is 2.45. The molecule has 28 heavy (non-hydrogen) atoms. The van der Waals surface area contributed by atoms with E-state index in [0.29, 0.717) is 10.8 Å². The van der Waals surface area contributed by atoms with Gasteiger partial charge in [-0.1, -0.05) is 39.0 Å². The van der Waals surface area contributed by atoms with E-state index in [1.807, 2.05) is 39.0 Å². The minimum absolute atomic E-state index is 0.146. The van der Waals surface area contributed by atoms with Crippen LogP contribution < -0.4 is 15.8 Å². The van der Waals surface area contributed by atoms with Crippen LogP contribution in [0.5, 0.6) is 5.75 Å². The monoisotopic (exact) mass is 404 g/mol. The van der Waals surface area contributed by atoms with E-state index < -0.39 is 23.9 Å². The summed E-state index contributed by atoms with van der Waals surface area (Å²) in [7, 11) is 0. The molecule has 8 heteroatoms. The molecular weight excluding hydrogens is 380 g/mol. The largest absolute Gasteiger partial charge is 0.482 e. The van der Waals surface area contributed by atoms with Crippen molar-refractivity contribution in [3.05, 3.63) is 46.8 Å². The van der Waals surface area contributed by atoms with Crippen molar-refractivity contribution in [3.63, 3.8) is 0 Å². The lowest BCUT2D eigenvalue weighted by Crippen LogP contribution is -2.32. The second kappa shape index (κ2) is 8.88. The Balaban J connectivity index is 1.92. The number of anilines is 1. The Morgan fingerprint density at radius 3 is 2.50 bits per heavy atom. The first-order valence-corrected chi connectivity index (χ1v) is 9.57. The van der Waals surface area contributed by atoms with Gasteiger partial charge in [0.2, 0.25) is 0 Å². The van der Waals surface area contributed by atoms with Gasteiger partial charge < -0.3 is 20.5 Å². The number of hydrogen-bond acceptors (Lipinski definition) is 6. The van der Waals surface area contributed by atoms with E-state index in [0.717, 1.165) is 16.9 Å².